The van der Waals surface area contributed by atoms with Gasteiger partial charge in [-0.25, -0.2) is 0 Å². The zero-order valence-corrected chi connectivity index (χ0v) is 14.9. The minimum Gasteiger partial charge on any atom is -0.489 e. The maximum Gasteiger partial charge on any atom is 0.262 e. The van der Waals surface area contributed by atoms with Crippen molar-refractivity contribution in [3.8, 4) is 5.75 Å². The first-order valence-corrected chi connectivity index (χ1v) is 8.33. The zero-order chi connectivity index (χ0) is 18.4. The fraction of sp³-hybridized carbons (Fsp3) is 0.105. The number of carbonyl (C=O) groups excluding carboxylic acids is 1. The molecule has 0 radical (unpaired) electrons. The lowest BCUT2D eigenvalue weighted by molar-refractivity contribution is 0.0976. The van der Waals surface area contributed by atoms with Gasteiger partial charge in [-0.1, -0.05) is 41.6 Å². The molecule has 2 N–H and O–H groups in total. The molecule has 0 spiro atoms. The van der Waals surface area contributed by atoms with E-state index in [-0.39, 0.29) is 11.0 Å². The Hall–Kier alpha value is -3.19. The van der Waals surface area contributed by atoms with Crippen LogP contribution in [-0.2, 0) is 6.61 Å². The Morgan fingerprint density at radius 1 is 1.19 bits per heavy atom. The first kappa shape index (κ1) is 17.6. The lowest BCUT2D eigenvalue weighted by Gasteiger charge is -2.11. The average molecular weight is 367 g/mol. The second-order valence-corrected chi connectivity index (χ2v) is 5.91. The largest absolute Gasteiger partial charge is 0.489 e. The Balaban J connectivity index is 1.57. The second-order valence-electron chi connectivity index (χ2n) is 5.51. The van der Waals surface area contributed by atoms with Crippen molar-refractivity contribution in [1.29, 1.82) is 0 Å². The highest BCUT2D eigenvalue weighted by Crippen LogP contribution is 2.18. The van der Waals surface area contributed by atoms with Crippen LogP contribution in [0.3, 0.4) is 0 Å². The molecule has 132 valence electrons. The highest BCUT2D eigenvalue weighted by Gasteiger charge is 2.14. The summed E-state index contributed by atoms with van der Waals surface area (Å²) >= 11 is 5.18. The van der Waals surface area contributed by atoms with Crippen LogP contribution in [0.1, 0.15) is 21.7 Å². The molecule has 0 fully saturated rings. The second kappa shape index (κ2) is 8.26. The number of hydrogen-bond acceptors (Lipinski definition) is 5. The van der Waals surface area contributed by atoms with Crippen LogP contribution in [0.5, 0.6) is 5.75 Å². The van der Waals surface area contributed by atoms with Gasteiger partial charge in [0.05, 0.1) is 6.20 Å². The molecule has 2 aromatic carbocycles. The van der Waals surface area contributed by atoms with Gasteiger partial charge in [0.25, 0.3) is 5.91 Å². The van der Waals surface area contributed by atoms with Gasteiger partial charge in [-0.3, -0.25) is 10.1 Å². The van der Waals surface area contributed by atoms with Crippen LogP contribution in [0.4, 0.5) is 5.69 Å². The van der Waals surface area contributed by atoms with Gasteiger partial charge >= 0.3 is 0 Å². The molecule has 26 heavy (non-hydrogen) atoms. The first-order valence-electron chi connectivity index (χ1n) is 7.92. The van der Waals surface area contributed by atoms with Gasteiger partial charge < -0.3 is 14.6 Å². The average Bonchev–Trinajstić information content (AvgIpc) is 3.07. The summed E-state index contributed by atoms with van der Waals surface area (Å²) in [5, 5.41) is 9.30. The fourth-order valence-electron chi connectivity index (χ4n) is 2.25. The SMILES string of the molecule is Cc1oncc1C(=O)NC(=S)Nc1cccc(OCc2ccccc2)c1. The lowest BCUT2D eigenvalue weighted by atomic mass is 10.2. The Bertz CT molecular complexity index is 909. The van der Waals surface area contributed by atoms with Gasteiger partial charge in [0.15, 0.2) is 5.11 Å². The third-order valence-corrected chi connectivity index (χ3v) is 3.77. The van der Waals surface area contributed by atoms with E-state index < -0.39 is 0 Å². The van der Waals surface area contributed by atoms with E-state index in [2.05, 4.69) is 15.8 Å². The highest BCUT2D eigenvalue weighted by molar-refractivity contribution is 7.80. The molecule has 6 nitrogen and oxygen atoms in total. The van der Waals surface area contributed by atoms with Crippen molar-refractivity contribution in [2.24, 2.45) is 0 Å². The topological polar surface area (TPSA) is 76.4 Å². The minimum atomic E-state index is -0.377. The molecular weight excluding hydrogens is 350 g/mol. The number of nitrogens with one attached hydrogen (secondary N) is 2. The standard InChI is InChI=1S/C19H17N3O3S/c1-13-17(11-20-25-13)18(23)22-19(26)21-15-8-5-9-16(10-15)24-12-14-6-3-2-4-7-14/h2-11H,12H2,1H3,(H2,21,22,23,26). The molecule has 0 aliphatic heterocycles. The van der Waals surface area contributed by atoms with Gasteiger partial charge in [-0.15, -0.1) is 0 Å². The Labute approximate surface area is 156 Å². The highest BCUT2D eigenvalue weighted by atomic mass is 32.1. The van der Waals surface area contributed by atoms with E-state index in [0.29, 0.717) is 29.4 Å². The van der Waals surface area contributed by atoms with E-state index >= 15 is 0 Å². The van der Waals surface area contributed by atoms with Gasteiger partial charge in [0.2, 0.25) is 0 Å². The zero-order valence-electron chi connectivity index (χ0n) is 14.1. The third-order valence-electron chi connectivity index (χ3n) is 3.56. The normalized spacial score (nSPS) is 10.2. The molecule has 1 heterocycles. The molecule has 3 rings (SSSR count). The van der Waals surface area contributed by atoms with Crippen LogP contribution in [0.25, 0.3) is 0 Å². The van der Waals surface area contributed by atoms with Crippen LogP contribution in [-0.4, -0.2) is 16.2 Å². The summed E-state index contributed by atoms with van der Waals surface area (Å²) in [5.74, 6) is 0.752. The number of hydrogen-bond donors (Lipinski definition) is 2. The summed E-state index contributed by atoms with van der Waals surface area (Å²) in [5.41, 5.74) is 2.13. The van der Waals surface area contributed by atoms with Crippen LogP contribution in [0.2, 0.25) is 0 Å². The number of amides is 1. The molecule has 0 aliphatic carbocycles. The van der Waals surface area contributed by atoms with Gasteiger partial charge in [0, 0.05) is 11.8 Å². The van der Waals surface area contributed by atoms with E-state index in [1.165, 1.54) is 6.20 Å². The van der Waals surface area contributed by atoms with Crippen LogP contribution >= 0.6 is 12.2 Å². The molecule has 0 unspecified atom stereocenters. The number of benzene rings is 2. The molecule has 0 saturated heterocycles. The lowest BCUT2D eigenvalue weighted by Crippen LogP contribution is -2.34. The van der Waals surface area contributed by atoms with Crippen LogP contribution in [0, 0.1) is 6.92 Å². The maximum absolute atomic E-state index is 12.1. The van der Waals surface area contributed by atoms with Crippen molar-refractivity contribution in [2.75, 3.05) is 5.32 Å². The number of thiocarbonyl (C=S) groups is 1. The summed E-state index contributed by atoms with van der Waals surface area (Å²) in [7, 11) is 0. The van der Waals surface area contributed by atoms with Crippen molar-refractivity contribution in [2.45, 2.75) is 13.5 Å². The first-order chi connectivity index (χ1) is 12.6. The Morgan fingerprint density at radius 3 is 2.73 bits per heavy atom. The number of nitrogens with zero attached hydrogens (tertiary/aromatic N) is 1. The van der Waals surface area contributed by atoms with E-state index in [0.717, 1.165) is 5.56 Å². The van der Waals surface area contributed by atoms with Crippen LogP contribution < -0.4 is 15.4 Å². The molecule has 7 heteroatoms. The number of anilines is 1. The molecule has 0 bridgehead atoms. The number of ether oxygens (including phenoxy) is 1. The van der Waals surface area contributed by atoms with E-state index in [1.54, 1.807) is 6.92 Å². The van der Waals surface area contributed by atoms with Gasteiger partial charge in [-0.2, -0.15) is 0 Å². The van der Waals surface area contributed by atoms with Crippen LogP contribution in [0.15, 0.2) is 65.3 Å². The summed E-state index contributed by atoms with van der Waals surface area (Å²) in [6, 6.07) is 17.2. The number of aromatic nitrogens is 1. The molecule has 1 aromatic heterocycles. The predicted octanol–water partition coefficient (Wildman–Crippen LogP) is 3.69. The van der Waals surface area contributed by atoms with E-state index in [9.17, 15) is 4.79 Å². The smallest absolute Gasteiger partial charge is 0.262 e. The predicted molar refractivity (Wildman–Crippen MR) is 102 cm³/mol. The number of rotatable bonds is 5. The monoisotopic (exact) mass is 367 g/mol. The van der Waals surface area contributed by atoms with Crippen molar-refractivity contribution in [3.63, 3.8) is 0 Å². The quantitative estimate of drug-likeness (QED) is 0.670. The molecular formula is C19H17N3O3S. The molecule has 3 aromatic rings. The third kappa shape index (κ3) is 4.67. The maximum atomic E-state index is 12.1. The Kier molecular flexibility index (Phi) is 5.60. The van der Waals surface area contributed by atoms with E-state index in [4.69, 9.17) is 21.5 Å². The van der Waals surface area contributed by atoms with Gasteiger partial charge in [0.1, 0.15) is 23.7 Å². The summed E-state index contributed by atoms with van der Waals surface area (Å²) in [6.45, 7) is 2.13. The van der Waals surface area contributed by atoms with Crippen molar-refractivity contribution in [3.05, 3.63) is 77.7 Å². The fourth-order valence-corrected chi connectivity index (χ4v) is 2.46. The number of aryl methyl sites for hydroxylation is 1. The molecule has 1 amide bonds. The van der Waals surface area contributed by atoms with Crippen molar-refractivity contribution >= 4 is 28.9 Å². The summed E-state index contributed by atoms with van der Waals surface area (Å²) < 4.78 is 10.7. The molecule has 0 aliphatic rings. The summed E-state index contributed by atoms with van der Waals surface area (Å²) in [4.78, 5) is 12.1. The minimum absolute atomic E-state index is 0.177. The number of carbonyl (C=O) groups is 1. The summed E-state index contributed by atoms with van der Waals surface area (Å²) in [6.07, 6.45) is 1.35. The Morgan fingerprint density at radius 2 is 2.00 bits per heavy atom. The molecule has 0 saturated carbocycles. The van der Waals surface area contributed by atoms with Crippen molar-refractivity contribution < 1.29 is 14.1 Å². The van der Waals surface area contributed by atoms with E-state index in [1.807, 2.05) is 54.6 Å². The van der Waals surface area contributed by atoms with Crippen molar-refractivity contribution in [1.82, 2.24) is 10.5 Å². The molecule has 0 atom stereocenters. The van der Waals surface area contributed by atoms with Gasteiger partial charge in [-0.05, 0) is 36.8 Å².